The van der Waals surface area contributed by atoms with Crippen LogP contribution in [0.15, 0.2) is 186 Å². The lowest BCUT2D eigenvalue weighted by atomic mass is 9.90. The van der Waals surface area contributed by atoms with Crippen molar-refractivity contribution in [2.24, 2.45) is 0 Å². The summed E-state index contributed by atoms with van der Waals surface area (Å²) >= 11 is 1.77. The zero-order valence-corrected chi connectivity index (χ0v) is 32.2. The first-order chi connectivity index (χ1) is 27.4. The molecular formula is C50H42O5S. The molecule has 6 heteroatoms. The van der Waals surface area contributed by atoms with Gasteiger partial charge in [-0.05, 0) is 125 Å². The van der Waals surface area contributed by atoms with Crippen LogP contribution in [0.3, 0.4) is 0 Å². The first-order valence-corrected chi connectivity index (χ1v) is 19.6. The van der Waals surface area contributed by atoms with Crippen molar-refractivity contribution in [1.82, 2.24) is 0 Å². The van der Waals surface area contributed by atoms with Crippen LogP contribution in [0.25, 0.3) is 27.8 Å². The minimum absolute atomic E-state index is 0.362. The smallest absolute Gasteiger partial charge is 0.341 e. The molecule has 1 N–H and O–H groups in total. The highest BCUT2D eigenvalue weighted by molar-refractivity contribution is 7.99. The number of aryl methyl sites for hydroxylation is 1. The summed E-state index contributed by atoms with van der Waals surface area (Å²) in [7, 11) is 0. The van der Waals surface area contributed by atoms with Crippen molar-refractivity contribution in [3.63, 3.8) is 0 Å². The Kier molecular flexibility index (Phi) is 12.3. The maximum Gasteiger partial charge on any atom is 0.341 e. The van der Waals surface area contributed by atoms with Gasteiger partial charge in [-0.25, -0.2) is 4.79 Å². The van der Waals surface area contributed by atoms with Crippen LogP contribution in [0.2, 0.25) is 0 Å². The van der Waals surface area contributed by atoms with Crippen molar-refractivity contribution in [1.29, 1.82) is 0 Å². The van der Waals surface area contributed by atoms with Gasteiger partial charge in [0, 0.05) is 10.6 Å². The summed E-state index contributed by atoms with van der Waals surface area (Å²) in [4.78, 5) is 12.1. The Morgan fingerprint density at radius 3 is 1.39 bits per heavy atom. The van der Waals surface area contributed by atoms with Gasteiger partial charge in [-0.1, -0.05) is 122 Å². The molecule has 0 radical (unpaired) electrons. The van der Waals surface area contributed by atoms with Gasteiger partial charge in [0.1, 0.15) is 28.7 Å². The maximum atomic E-state index is 11.0. The van der Waals surface area contributed by atoms with Crippen LogP contribution < -0.4 is 14.2 Å². The molecule has 0 aromatic heterocycles. The predicted octanol–water partition coefficient (Wildman–Crippen LogP) is 13.4. The third-order valence-electron chi connectivity index (χ3n) is 9.37. The van der Waals surface area contributed by atoms with E-state index in [1.165, 1.54) is 11.1 Å². The minimum Gasteiger partial charge on any atom is -0.482 e. The molecule has 0 heterocycles. The van der Waals surface area contributed by atoms with Gasteiger partial charge in [0.2, 0.25) is 0 Å². The summed E-state index contributed by atoms with van der Waals surface area (Å²) in [5.74, 6) is 3.59. The molecule has 7 aromatic rings. The van der Waals surface area contributed by atoms with Gasteiger partial charge in [-0.15, -0.1) is 11.8 Å². The summed E-state index contributed by atoms with van der Waals surface area (Å²) in [6.45, 7) is 3.80. The summed E-state index contributed by atoms with van der Waals surface area (Å²) in [5.41, 5.74) is 10.2. The number of hydrogen-bond acceptors (Lipinski definition) is 5. The first-order valence-electron chi connectivity index (χ1n) is 18.6. The Bertz CT molecular complexity index is 2260. The van der Waals surface area contributed by atoms with E-state index >= 15 is 0 Å². The summed E-state index contributed by atoms with van der Waals surface area (Å²) in [6, 6.07) is 59.6. The fraction of sp³-hybridized carbons (Fsp3) is 0.100. The molecule has 0 aliphatic rings. The van der Waals surface area contributed by atoms with E-state index in [4.69, 9.17) is 19.3 Å². The number of carboxylic acids is 1. The molecule has 0 saturated heterocycles. The fourth-order valence-corrected chi connectivity index (χ4v) is 7.56. The van der Waals surface area contributed by atoms with Crippen LogP contribution in [0.5, 0.6) is 28.7 Å². The highest BCUT2D eigenvalue weighted by atomic mass is 32.2. The van der Waals surface area contributed by atoms with E-state index in [2.05, 4.69) is 85.8 Å². The van der Waals surface area contributed by atoms with E-state index < -0.39 is 5.97 Å². The number of para-hydroxylation sites is 2. The second-order valence-corrected chi connectivity index (χ2v) is 14.3. The lowest BCUT2D eigenvalue weighted by Gasteiger charge is -2.17. The molecule has 0 bridgehead atoms. The third kappa shape index (κ3) is 9.78. The van der Waals surface area contributed by atoms with Crippen molar-refractivity contribution in [2.45, 2.75) is 25.2 Å². The number of carboxylic acid groups (broad SMARTS) is 1. The normalized spacial score (nSPS) is 10.8. The molecule has 0 aliphatic heterocycles. The second-order valence-electron chi connectivity index (χ2n) is 13.3. The van der Waals surface area contributed by atoms with Gasteiger partial charge >= 0.3 is 5.97 Å². The highest BCUT2D eigenvalue weighted by Crippen LogP contribution is 2.36. The SMILES string of the molecule is CCC(CSc1ccc(OCC(=O)O)c(C)c1)=C(c1ccc(-c2ccc(Oc3ccccc3)cc2)cc1)c1ccc(-c2ccc(Oc3ccccc3)cc2)cc1. The van der Waals surface area contributed by atoms with E-state index in [1.54, 1.807) is 11.8 Å². The lowest BCUT2D eigenvalue weighted by Crippen LogP contribution is -2.10. The van der Waals surface area contributed by atoms with E-state index in [9.17, 15) is 4.79 Å². The molecule has 278 valence electrons. The molecule has 0 spiro atoms. The van der Waals surface area contributed by atoms with E-state index in [0.717, 1.165) is 79.0 Å². The van der Waals surface area contributed by atoms with Crippen LogP contribution in [-0.2, 0) is 4.79 Å². The summed E-state index contributed by atoms with van der Waals surface area (Å²) in [5, 5.41) is 9.05. The molecule has 0 saturated carbocycles. The topological polar surface area (TPSA) is 65.0 Å². The Hall–Kier alpha value is -6.50. The van der Waals surface area contributed by atoms with Gasteiger partial charge in [0.15, 0.2) is 6.61 Å². The monoisotopic (exact) mass is 754 g/mol. The minimum atomic E-state index is -0.994. The number of aliphatic carboxylic acids is 1. The predicted molar refractivity (Wildman–Crippen MR) is 228 cm³/mol. The number of benzene rings is 7. The van der Waals surface area contributed by atoms with E-state index in [0.29, 0.717) is 5.75 Å². The van der Waals surface area contributed by atoms with Gasteiger partial charge < -0.3 is 19.3 Å². The van der Waals surface area contributed by atoms with Gasteiger partial charge in [-0.2, -0.15) is 0 Å². The molecule has 7 aromatic carbocycles. The molecule has 0 amide bonds. The molecule has 5 nitrogen and oxygen atoms in total. The van der Waals surface area contributed by atoms with Crippen molar-refractivity contribution in [3.05, 3.63) is 198 Å². The van der Waals surface area contributed by atoms with E-state index in [1.807, 2.05) is 104 Å². The van der Waals surface area contributed by atoms with Crippen LogP contribution in [0.4, 0.5) is 0 Å². The Morgan fingerprint density at radius 2 is 0.982 bits per heavy atom. The van der Waals surface area contributed by atoms with Crippen molar-refractivity contribution >= 4 is 23.3 Å². The Balaban J connectivity index is 1.15. The average molecular weight is 755 g/mol. The molecular weight excluding hydrogens is 713 g/mol. The highest BCUT2D eigenvalue weighted by Gasteiger charge is 2.14. The fourth-order valence-electron chi connectivity index (χ4n) is 6.45. The molecule has 56 heavy (non-hydrogen) atoms. The lowest BCUT2D eigenvalue weighted by molar-refractivity contribution is -0.139. The molecule has 0 unspecified atom stereocenters. The maximum absolute atomic E-state index is 11.0. The van der Waals surface area contributed by atoms with E-state index in [-0.39, 0.29) is 6.61 Å². The van der Waals surface area contributed by atoms with Crippen LogP contribution >= 0.6 is 11.8 Å². The zero-order valence-electron chi connectivity index (χ0n) is 31.4. The number of ether oxygens (including phenoxy) is 3. The Labute approximate surface area is 332 Å². The number of carbonyl (C=O) groups is 1. The molecule has 7 rings (SSSR count). The number of thioether (sulfide) groups is 1. The first kappa shape index (κ1) is 37.8. The zero-order chi connectivity index (χ0) is 38.7. The van der Waals surface area contributed by atoms with Crippen molar-refractivity contribution in [2.75, 3.05) is 12.4 Å². The van der Waals surface area contributed by atoms with Crippen molar-refractivity contribution in [3.8, 4) is 51.0 Å². The number of rotatable bonds is 15. The third-order valence-corrected chi connectivity index (χ3v) is 10.5. The van der Waals surface area contributed by atoms with Crippen LogP contribution in [0, 0.1) is 6.92 Å². The summed E-state index contributed by atoms with van der Waals surface area (Å²) in [6.07, 6.45) is 0.871. The van der Waals surface area contributed by atoms with Crippen LogP contribution in [0.1, 0.15) is 30.0 Å². The number of hydrogen-bond donors (Lipinski definition) is 1. The second kappa shape index (κ2) is 18.2. The van der Waals surface area contributed by atoms with Crippen LogP contribution in [-0.4, -0.2) is 23.4 Å². The van der Waals surface area contributed by atoms with Crippen molar-refractivity contribution < 1.29 is 24.1 Å². The molecule has 0 fully saturated rings. The largest absolute Gasteiger partial charge is 0.482 e. The average Bonchev–Trinajstić information content (AvgIpc) is 3.23. The summed E-state index contributed by atoms with van der Waals surface area (Å²) < 4.78 is 17.5. The Morgan fingerprint density at radius 1 is 0.554 bits per heavy atom. The quantitative estimate of drug-likeness (QED) is 0.105. The van der Waals surface area contributed by atoms with Gasteiger partial charge in [0.05, 0.1) is 0 Å². The standard InChI is InChI=1S/C50H42O5S/c1-3-36(34-56-47-30-31-48(35(2)32-47)53-33-49(51)52)50(41-18-14-37(15-19-41)39-22-26-45(27-23-39)54-43-10-6-4-7-11-43)42-20-16-38(17-21-42)40-24-28-46(29-25-40)55-44-12-8-5-9-13-44/h4-32H,3,33-34H2,1-2H3,(H,51,52). The van der Waals surface area contributed by atoms with Gasteiger partial charge in [-0.3, -0.25) is 0 Å². The molecule has 0 atom stereocenters. The molecule has 0 aliphatic carbocycles. The van der Waals surface area contributed by atoms with Gasteiger partial charge in [0.25, 0.3) is 0 Å².